The highest BCUT2D eigenvalue weighted by Gasteiger charge is 2.11. The third-order valence-corrected chi connectivity index (χ3v) is 2.20. The van der Waals surface area contributed by atoms with Crippen LogP contribution < -0.4 is 9.46 Å². The molecule has 0 aliphatic carbocycles. The summed E-state index contributed by atoms with van der Waals surface area (Å²) < 4.78 is 8.22. The SMILES string of the molecule is SNCc1ccc2c(c1)CCO2. The molecule has 1 aliphatic heterocycles. The van der Waals surface area contributed by atoms with Crippen LogP contribution in [0.25, 0.3) is 0 Å². The van der Waals surface area contributed by atoms with Crippen molar-refractivity contribution in [1.29, 1.82) is 0 Å². The summed E-state index contributed by atoms with van der Waals surface area (Å²) in [6.45, 7) is 1.63. The fraction of sp³-hybridized carbons (Fsp3) is 0.333. The maximum atomic E-state index is 5.39. The van der Waals surface area contributed by atoms with Gasteiger partial charge in [0.2, 0.25) is 0 Å². The summed E-state index contributed by atoms with van der Waals surface area (Å²) in [6, 6.07) is 6.27. The fourth-order valence-corrected chi connectivity index (χ4v) is 1.62. The number of nitrogens with one attached hydrogen (secondary N) is 1. The lowest BCUT2D eigenvalue weighted by Crippen LogP contribution is -1.98. The molecule has 1 aliphatic rings. The zero-order valence-corrected chi connectivity index (χ0v) is 7.60. The van der Waals surface area contributed by atoms with Gasteiger partial charge in [0.15, 0.2) is 0 Å². The van der Waals surface area contributed by atoms with Gasteiger partial charge in [-0.3, -0.25) is 4.72 Å². The van der Waals surface area contributed by atoms with Gasteiger partial charge in [-0.2, -0.15) is 0 Å². The Bertz CT molecular complexity index is 288. The normalized spacial score (nSPS) is 14.1. The van der Waals surface area contributed by atoms with Crippen molar-refractivity contribution in [2.45, 2.75) is 13.0 Å². The Hall–Kier alpha value is -0.670. The quantitative estimate of drug-likeness (QED) is 0.676. The van der Waals surface area contributed by atoms with Crippen LogP contribution in [-0.4, -0.2) is 6.61 Å². The minimum Gasteiger partial charge on any atom is -0.493 e. The number of fused-ring (bicyclic) bond motifs is 1. The highest BCUT2D eigenvalue weighted by atomic mass is 32.1. The molecule has 0 saturated heterocycles. The third kappa shape index (κ3) is 1.42. The molecule has 2 rings (SSSR count). The van der Waals surface area contributed by atoms with E-state index in [1.807, 2.05) is 6.07 Å². The van der Waals surface area contributed by atoms with Crippen LogP contribution in [0.4, 0.5) is 0 Å². The molecule has 1 aromatic rings. The van der Waals surface area contributed by atoms with Crippen LogP contribution in [0.15, 0.2) is 18.2 Å². The minimum atomic E-state index is 0.802. The molecule has 0 bridgehead atoms. The zero-order valence-electron chi connectivity index (χ0n) is 6.71. The van der Waals surface area contributed by atoms with E-state index in [9.17, 15) is 0 Å². The standard InChI is InChI=1S/C9H11NOS/c12-10-6-7-1-2-9-8(5-7)3-4-11-9/h1-2,5,10,12H,3-4,6H2. The monoisotopic (exact) mass is 181 g/mol. The number of hydrogen-bond donors (Lipinski definition) is 2. The van der Waals surface area contributed by atoms with Crippen LogP contribution in [0.5, 0.6) is 5.75 Å². The Balaban J connectivity index is 2.26. The van der Waals surface area contributed by atoms with Crippen LogP contribution in [0.1, 0.15) is 11.1 Å². The molecule has 2 nitrogen and oxygen atoms in total. The number of hydrogen-bond acceptors (Lipinski definition) is 3. The smallest absolute Gasteiger partial charge is 0.122 e. The Kier molecular flexibility index (Phi) is 2.23. The van der Waals surface area contributed by atoms with Gasteiger partial charge in [-0.15, -0.1) is 0 Å². The first kappa shape index (κ1) is 7.95. The van der Waals surface area contributed by atoms with Crippen LogP contribution in [-0.2, 0) is 13.0 Å². The van der Waals surface area contributed by atoms with Crippen LogP contribution >= 0.6 is 12.8 Å². The second-order valence-corrected chi connectivity index (χ2v) is 3.19. The molecule has 3 heteroatoms. The predicted molar refractivity (Wildman–Crippen MR) is 51.5 cm³/mol. The van der Waals surface area contributed by atoms with Crippen LogP contribution in [0.3, 0.4) is 0 Å². The number of ether oxygens (including phenoxy) is 1. The predicted octanol–water partition coefficient (Wildman–Crippen LogP) is 1.56. The van der Waals surface area contributed by atoms with E-state index in [1.165, 1.54) is 11.1 Å². The molecule has 1 heterocycles. The first-order valence-electron chi connectivity index (χ1n) is 4.02. The summed E-state index contributed by atoms with van der Waals surface area (Å²) in [5, 5.41) is 0. The van der Waals surface area contributed by atoms with E-state index in [0.29, 0.717) is 0 Å². The lowest BCUT2D eigenvalue weighted by Gasteiger charge is -2.02. The lowest BCUT2D eigenvalue weighted by atomic mass is 10.1. The molecule has 64 valence electrons. The fourth-order valence-electron chi connectivity index (χ4n) is 1.44. The Labute approximate surface area is 77.5 Å². The van der Waals surface area contributed by atoms with Crippen molar-refractivity contribution in [2.75, 3.05) is 6.61 Å². The van der Waals surface area contributed by atoms with Crippen molar-refractivity contribution in [2.24, 2.45) is 0 Å². The summed E-state index contributed by atoms with van der Waals surface area (Å²) in [5.41, 5.74) is 2.57. The largest absolute Gasteiger partial charge is 0.493 e. The van der Waals surface area contributed by atoms with Crippen molar-refractivity contribution < 1.29 is 4.74 Å². The molecule has 0 unspecified atom stereocenters. The molecular weight excluding hydrogens is 170 g/mol. The summed E-state index contributed by atoms with van der Waals surface area (Å²) >= 11 is 3.96. The molecule has 0 atom stereocenters. The van der Waals surface area contributed by atoms with E-state index in [0.717, 1.165) is 25.3 Å². The molecule has 0 radical (unpaired) electrons. The zero-order chi connectivity index (χ0) is 8.39. The summed E-state index contributed by atoms with van der Waals surface area (Å²) in [7, 11) is 0. The molecular formula is C9H11NOS. The number of benzene rings is 1. The Morgan fingerprint density at radius 3 is 3.25 bits per heavy atom. The minimum absolute atomic E-state index is 0.802. The van der Waals surface area contributed by atoms with Crippen molar-refractivity contribution >= 4 is 12.8 Å². The lowest BCUT2D eigenvalue weighted by molar-refractivity contribution is 0.357. The van der Waals surface area contributed by atoms with E-state index >= 15 is 0 Å². The topological polar surface area (TPSA) is 21.3 Å². The van der Waals surface area contributed by atoms with Crippen LogP contribution in [0.2, 0.25) is 0 Å². The molecule has 0 spiro atoms. The van der Waals surface area contributed by atoms with E-state index in [2.05, 4.69) is 29.7 Å². The molecule has 1 aromatic carbocycles. The molecule has 0 fully saturated rings. The Morgan fingerprint density at radius 1 is 1.50 bits per heavy atom. The molecule has 0 saturated carbocycles. The first-order chi connectivity index (χ1) is 5.90. The van der Waals surface area contributed by atoms with Crippen LogP contribution in [0, 0.1) is 0 Å². The Morgan fingerprint density at radius 2 is 2.42 bits per heavy atom. The van der Waals surface area contributed by atoms with Gasteiger partial charge >= 0.3 is 0 Å². The maximum Gasteiger partial charge on any atom is 0.122 e. The van der Waals surface area contributed by atoms with Gasteiger partial charge in [0, 0.05) is 13.0 Å². The van der Waals surface area contributed by atoms with E-state index in [-0.39, 0.29) is 0 Å². The number of thiol groups is 1. The average Bonchev–Trinajstić information content (AvgIpc) is 2.51. The molecule has 12 heavy (non-hydrogen) atoms. The summed E-state index contributed by atoms with van der Waals surface area (Å²) in [5.74, 6) is 1.04. The average molecular weight is 181 g/mol. The van der Waals surface area contributed by atoms with Gasteiger partial charge in [0.25, 0.3) is 0 Å². The van der Waals surface area contributed by atoms with Crippen molar-refractivity contribution in [3.05, 3.63) is 29.3 Å². The third-order valence-electron chi connectivity index (χ3n) is 2.04. The van der Waals surface area contributed by atoms with Crippen molar-refractivity contribution in [3.8, 4) is 5.75 Å². The maximum absolute atomic E-state index is 5.39. The summed E-state index contributed by atoms with van der Waals surface area (Å²) in [6.07, 6.45) is 1.04. The summed E-state index contributed by atoms with van der Waals surface area (Å²) in [4.78, 5) is 0. The highest BCUT2D eigenvalue weighted by Crippen LogP contribution is 2.25. The molecule has 0 aromatic heterocycles. The molecule has 0 amide bonds. The van der Waals surface area contributed by atoms with Crippen molar-refractivity contribution in [3.63, 3.8) is 0 Å². The number of rotatable bonds is 2. The second kappa shape index (κ2) is 3.37. The van der Waals surface area contributed by atoms with Gasteiger partial charge in [-0.1, -0.05) is 24.9 Å². The second-order valence-electron chi connectivity index (χ2n) is 2.88. The van der Waals surface area contributed by atoms with E-state index < -0.39 is 0 Å². The van der Waals surface area contributed by atoms with E-state index in [4.69, 9.17) is 4.74 Å². The van der Waals surface area contributed by atoms with Gasteiger partial charge in [-0.25, -0.2) is 0 Å². The van der Waals surface area contributed by atoms with Gasteiger partial charge < -0.3 is 4.74 Å². The van der Waals surface area contributed by atoms with Gasteiger partial charge in [-0.05, 0) is 17.2 Å². The highest BCUT2D eigenvalue weighted by molar-refractivity contribution is 7.78. The first-order valence-corrected chi connectivity index (χ1v) is 4.46. The van der Waals surface area contributed by atoms with Gasteiger partial charge in [0.1, 0.15) is 5.75 Å². The van der Waals surface area contributed by atoms with Gasteiger partial charge in [0.05, 0.1) is 6.61 Å². The van der Waals surface area contributed by atoms with Crippen molar-refractivity contribution in [1.82, 2.24) is 4.72 Å². The van der Waals surface area contributed by atoms with E-state index in [1.54, 1.807) is 0 Å². The molecule has 1 N–H and O–H groups in total.